The number of para-hydroxylation sites is 1. The van der Waals surface area contributed by atoms with Crippen LogP contribution in [0.25, 0.3) is 11.0 Å². The zero-order chi connectivity index (χ0) is 10.8. The monoisotopic (exact) mass is 267 g/mol. The van der Waals surface area contributed by atoms with E-state index >= 15 is 0 Å². The molecule has 2 N–H and O–H groups in total. The van der Waals surface area contributed by atoms with E-state index in [0.717, 1.165) is 21.9 Å². The van der Waals surface area contributed by atoms with Gasteiger partial charge in [0, 0.05) is 5.39 Å². The third-order valence-electron chi connectivity index (χ3n) is 2.71. The Morgan fingerprint density at radius 2 is 2.27 bits per heavy atom. The summed E-state index contributed by atoms with van der Waals surface area (Å²) in [6, 6.07) is 6.23. The van der Waals surface area contributed by atoms with E-state index in [-0.39, 0.29) is 0 Å². The summed E-state index contributed by atoms with van der Waals surface area (Å²) in [5, 5.41) is 1.14. The zero-order valence-electron chi connectivity index (χ0n) is 8.66. The molecule has 15 heavy (non-hydrogen) atoms. The van der Waals surface area contributed by atoms with Gasteiger partial charge in [0.2, 0.25) is 0 Å². The van der Waals surface area contributed by atoms with Gasteiger partial charge in [0.25, 0.3) is 0 Å². The Kier molecular flexibility index (Phi) is 3.12. The molecule has 3 heteroatoms. The maximum absolute atomic E-state index is 5.58. The Balaban J connectivity index is 2.51. The molecule has 0 saturated heterocycles. The van der Waals surface area contributed by atoms with Gasteiger partial charge in [0.05, 0.1) is 4.47 Å². The summed E-state index contributed by atoms with van der Waals surface area (Å²) in [7, 11) is 0. The number of nitrogens with two attached hydrogens (primary N) is 1. The lowest BCUT2D eigenvalue weighted by atomic mass is 9.96. The largest absolute Gasteiger partial charge is 0.463 e. The van der Waals surface area contributed by atoms with Gasteiger partial charge in [-0.3, -0.25) is 0 Å². The van der Waals surface area contributed by atoms with Crippen LogP contribution in [0, 0.1) is 0 Å². The summed E-state index contributed by atoms with van der Waals surface area (Å²) in [6.45, 7) is 2.89. The summed E-state index contributed by atoms with van der Waals surface area (Å²) in [6.07, 6.45) is 2.72. The van der Waals surface area contributed by atoms with E-state index < -0.39 is 0 Å². The highest BCUT2D eigenvalue weighted by Gasteiger charge is 2.12. The van der Waals surface area contributed by atoms with Crippen molar-refractivity contribution in [3.05, 3.63) is 34.5 Å². The summed E-state index contributed by atoms with van der Waals surface area (Å²) in [4.78, 5) is 0. The van der Waals surface area contributed by atoms with Gasteiger partial charge in [-0.2, -0.15) is 0 Å². The van der Waals surface area contributed by atoms with Gasteiger partial charge < -0.3 is 10.2 Å². The lowest BCUT2D eigenvalue weighted by molar-refractivity contribution is 0.597. The maximum atomic E-state index is 5.58. The Bertz CT molecular complexity index is 464. The van der Waals surface area contributed by atoms with E-state index in [2.05, 4.69) is 41.1 Å². The van der Waals surface area contributed by atoms with E-state index in [0.29, 0.717) is 12.5 Å². The van der Waals surface area contributed by atoms with Gasteiger partial charge in [-0.15, -0.1) is 0 Å². The van der Waals surface area contributed by atoms with Crippen LogP contribution in [0.1, 0.15) is 24.8 Å². The molecular formula is C12H14BrNO. The predicted molar refractivity (Wildman–Crippen MR) is 66.0 cm³/mol. The lowest BCUT2D eigenvalue weighted by Gasteiger charge is -2.10. The molecule has 1 aromatic carbocycles. The third-order valence-corrected chi connectivity index (χ3v) is 3.33. The van der Waals surface area contributed by atoms with Crippen LogP contribution in [0.15, 0.2) is 33.4 Å². The average molecular weight is 268 g/mol. The maximum Gasteiger partial charge on any atom is 0.138 e. The Hall–Kier alpha value is -0.800. The molecule has 1 heterocycles. The second kappa shape index (κ2) is 4.37. The molecule has 2 aromatic rings. The Morgan fingerprint density at radius 3 is 3.00 bits per heavy atom. The van der Waals surface area contributed by atoms with Crippen LogP contribution >= 0.6 is 15.9 Å². The molecular weight excluding hydrogens is 254 g/mol. The Morgan fingerprint density at radius 1 is 1.47 bits per heavy atom. The second-order valence-electron chi connectivity index (χ2n) is 3.79. The van der Waals surface area contributed by atoms with Crippen LogP contribution in [-0.2, 0) is 0 Å². The second-order valence-corrected chi connectivity index (χ2v) is 4.64. The number of benzene rings is 1. The fourth-order valence-corrected chi connectivity index (χ4v) is 2.25. The molecule has 0 spiro atoms. The average Bonchev–Trinajstić information content (AvgIpc) is 2.61. The van der Waals surface area contributed by atoms with E-state index in [1.54, 1.807) is 6.26 Å². The number of hydrogen-bond acceptors (Lipinski definition) is 2. The van der Waals surface area contributed by atoms with Crippen molar-refractivity contribution in [3.63, 3.8) is 0 Å². The SMILES string of the molecule is CC(CCN)c1cccc2c(Br)coc12. The van der Waals surface area contributed by atoms with Crippen molar-refractivity contribution in [2.45, 2.75) is 19.3 Å². The van der Waals surface area contributed by atoms with Crippen LogP contribution in [0.2, 0.25) is 0 Å². The van der Waals surface area contributed by atoms with Crippen molar-refractivity contribution < 1.29 is 4.42 Å². The highest BCUT2D eigenvalue weighted by atomic mass is 79.9. The minimum atomic E-state index is 0.441. The molecule has 0 aliphatic carbocycles. The van der Waals surface area contributed by atoms with E-state index in [1.165, 1.54) is 5.56 Å². The standard InChI is InChI=1S/C12H14BrNO/c1-8(5-6-14)9-3-2-4-10-11(13)7-15-12(9)10/h2-4,7-8H,5-6,14H2,1H3. The van der Waals surface area contributed by atoms with Crippen LogP contribution in [-0.4, -0.2) is 6.54 Å². The van der Waals surface area contributed by atoms with Gasteiger partial charge in [0.1, 0.15) is 11.8 Å². The first-order valence-electron chi connectivity index (χ1n) is 5.09. The molecule has 80 valence electrons. The molecule has 0 aliphatic rings. The van der Waals surface area contributed by atoms with Crippen LogP contribution in [0.4, 0.5) is 0 Å². The minimum absolute atomic E-state index is 0.441. The molecule has 2 nitrogen and oxygen atoms in total. The van der Waals surface area contributed by atoms with Gasteiger partial charge in [-0.1, -0.05) is 19.1 Å². The van der Waals surface area contributed by atoms with Crippen LogP contribution in [0.5, 0.6) is 0 Å². The first kappa shape index (κ1) is 10.7. The molecule has 0 radical (unpaired) electrons. The summed E-state index contributed by atoms with van der Waals surface area (Å²) < 4.78 is 6.57. The number of furan rings is 1. The molecule has 0 saturated carbocycles. The molecule has 0 amide bonds. The number of halogens is 1. The highest BCUT2D eigenvalue weighted by molar-refractivity contribution is 9.10. The van der Waals surface area contributed by atoms with Gasteiger partial charge >= 0.3 is 0 Å². The van der Waals surface area contributed by atoms with Gasteiger partial charge in [-0.05, 0) is 46.4 Å². The molecule has 1 atom stereocenters. The topological polar surface area (TPSA) is 39.2 Å². The zero-order valence-corrected chi connectivity index (χ0v) is 10.3. The van der Waals surface area contributed by atoms with Gasteiger partial charge in [0.15, 0.2) is 0 Å². The van der Waals surface area contributed by atoms with Crippen molar-refractivity contribution >= 4 is 26.9 Å². The third kappa shape index (κ3) is 1.94. The molecule has 0 bridgehead atoms. The van der Waals surface area contributed by atoms with E-state index in [9.17, 15) is 0 Å². The van der Waals surface area contributed by atoms with Crippen molar-refractivity contribution in [3.8, 4) is 0 Å². The molecule has 2 rings (SSSR count). The smallest absolute Gasteiger partial charge is 0.138 e. The fourth-order valence-electron chi connectivity index (χ4n) is 1.84. The number of fused-ring (bicyclic) bond motifs is 1. The van der Waals surface area contributed by atoms with Crippen molar-refractivity contribution in [2.24, 2.45) is 5.73 Å². The summed E-state index contributed by atoms with van der Waals surface area (Å²) in [5.41, 5.74) is 7.79. The van der Waals surface area contributed by atoms with Crippen molar-refractivity contribution in [2.75, 3.05) is 6.54 Å². The number of rotatable bonds is 3. The van der Waals surface area contributed by atoms with Crippen molar-refractivity contribution in [1.82, 2.24) is 0 Å². The summed E-state index contributed by atoms with van der Waals surface area (Å²) >= 11 is 3.47. The fraction of sp³-hybridized carbons (Fsp3) is 0.333. The van der Waals surface area contributed by atoms with Crippen LogP contribution < -0.4 is 5.73 Å². The lowest BCUT2D eigenvalue weighted by Crippen LogP contribution is -2.04. The number of hydrogen-bond donors (Lipinski definition) is 1. The quantitative estimate of drug-likeness (QED) is 0.922. The van der Waals surface area contributed by atoms with Crippen LogP contribution in [0.3, 0.4) is 0 Å². The van der Waals surface area contributed by atoms with E-state index in [4.69, 9.17) is 10.2 Å². The molecule has 0 aliphatic heterocycles. The molecule has 1 aromatic heterocycles. The first-order valence-corrected chi connectivity index (χ1v) is 5.89. The van der Waals surface area contributed by atoms with E-state index in [1.807, 2.05) is 0 Å². The highest BCUT2D eigenvalue weighted by Crippen LogP contribution is 2.32. The molecule has 1 unspecified atom stereocenters. The molecule has 0 fully saturated rings. The van der Waals surface area contributed by atoms with Crippen molar-refractivity contribution in [1.29, 1.82) is 0 Å². The summed E-state index contributed by atoms with van der Waals surface area (Å²) in [5.74, 6) is 0.441. The van der Waals surface area contributed by atoms with Gasteiger partial charge in [-0.25, -0.2) is 0 Å². The Labute approximate surface area is 97.6 Å². The minimum Gasteiger partial charge on any atom is -0.463 e. The first-order chi connectivity index (χ1) is 7.24. The predicted octanol–water partition coefficient (Wildman–Crippen LogP) is 3.65. The normalized spacial score (nSPS) is 13.3.